The molecule has 0 spiro atoms. The molecule has 3 aromatic rings. The quantitative estimate of drug-likeness (QED) is 0.726. The van der Waals surface area contributed by atoms with Gasteiger partial charge in [-0.3, -0.25) is 4.40 Å². The van der Waals surface area contributed by atoms with Crippen LogP contribution in [-0.4, -0.2) is 24.6 Å². The molecule has 3 heterocycles. The molecule has 82 valence electrons. The molecule has 0 amide bonds. The summed E-state index contributed by atoms with van der Waals surface area (Å²) in [6.07, 6.45) is 6.90. The van der Waals surface area contributed by atoms with Gasteiger partial charge in [-0.2, -0.15) is 0 Å². The number of hydrogen-bond donors (Lipinski definition) is 1. The molecular weight excluding hydrogens is 202 g/mol. The molecule has 5 heteroatoms. The summed E-state index contributed by atoms with van der Waals surface area (Å²) in [6, 6.07) is 2.01. The second kappa shape index (κ2) is 3.59. The zero-order valence-electron chi connectivity index (χ0n) is 9.14. The summed E-state index contributed by atoms with van der Waals surface area (Å²) in [6.45, 7) is 2.18. The SMILES string of the molecule is CCCCc1nnc2cnc3[nH]ccc3n12. The molecule has 3 aromatic heterocycles. The smallest absolute Gasteiger partial charge is 0.179 e. The first kappa shape index (κ1) is 9.33. The number of hydrogen-bond acceptors (Lipinski definition) is 3. The largest absolute Gasteiger partial charge is 0.345 e. The minimum absolute atomic E-state index is 0.818. The first-order chi connectivity index (χ1) is 7.90. The lowest BCUT2D eigenvalue weighted by Crippen LogP contribution is -1.96. The van der Waals surface area contributed by atoms with E-state index in [2.05, 4.69) is 31.5 Å². The standard InChI is InChI=1S/C11H13N5/c1-2-3-4-9-14-15-10-7-13-11-8(16(9)10)5-6-12-11/h5-7,12H,2-4H2,1H3. The average Bonchev–Trinajstić information content (AvgIpc) is 2.91. The maximum absolute atomic E-state index is 4.28. The number of nitrogens with zero attached hydrogens (tertiary/aromatic N) is 4. The fourth-order valence-electron chi connectivity index (χ4n) is 1.93. The fraction of sp³-hybridized carbons (Fsp3) is 0.364. The van der Waals surface area contributed by atoms with Crippen molar-refractivity contribution in [2.24, 2.45) is 0 Å². The molecule has 3 rings (SSSR count). The molecule has 0 saturated carbocycles. The van der Waals surface area contributed by atoms with Crippen molar-refractivity contribution in [3.8, 4) is 0 Å². The highest BCUT2D eigenvalue weighted by Crippen LogP contribution is 2.14. The lowest BCUT2D eigenvalue weighted by Gasteiger charge is -1.99. The third kappa shape index (κ3) is 1.28. The van der Waals surface area contributed by atoms with E-state index >= 15 is 0 Å². The van der Waals surface area contributed by atoms with Gasteiger partial charge in [0.1, 0.15) is 5.82 Å². The molecule has 1 N–H and O–H groups in total. The summed E-state index contributed by atoms with van der Waals surface area (Å²) in [5.41, 5.74) is 2.75. The summed E-state index contributed by atoms with van der Waals surface area (Å²) in [5, 5.41) is 8.36. The zero-order valence-corrected chi connectivity index (χ0v) is 9.14. The predicted octanol–water partition coefficient (Wildman–Crippen LogP) is 1.95. The third-order valence-corrected chi connectivity index (χ3v) is 2.76. The van der Waals surface area contributed by atoms with E-state index in [0.717, 1.165) is 41.9 Å². The second-order valence-corrected chi connectivity index (χ2v) is 3.88. The van der Waals surface area contributed by atoms with E-state index < -0.39 is 0 Å². The van der Waals surface area contributed by atoms with Crippen molar-refractivity contribution in [1.82, 2.24) is 24.6 Å². The molecule has 0 aliphatic carbocycles. The van der Waals surface area contributed by atoms with Gasteiger partial charge in [0.25, 0.3) is 0 Å². The zero-order chi connectivity index (χ0) is 11.0. The molecule has 0 aliphatic rings. The van der Waals surface area contributed by atoms with Crippen LogP contribution in [0.25, 0.3) is 16.8 Å². The molecule has 16 heavy (non-hydrogen) atoms. The molecule has 0 atom stereocenters. The number of rotatable bonds is 3. The van der Waals surface area contributed by atoms with Gasteiger partial charge >= 0.3 is 0 Å². The Balaban J connectivity index is 2.24. The first-order valence-corrected chi connectivity index (χ1v) is 5.56. The summed E-state index contributed by atoms with van der Waals surface area (Å²) in [5.74, 6) is 1.02. The molecule has 0 radical (unpaired) electrons. The third-order valence-electron chi connectivity index (χ3n) is 2.76. The van der Waals surface area contributed by atoms with Crippen molar-refractivity contribution in [2.45, 2.75) is 26.2 Å². The molecule has 5 nitrogen and oxygen atoms in total. The Morgan fingerprint density at radius 2 is 2.31 bits per heavy atom. The van der Waals surface area contributed by atoms with Crippen molar-refractivity contribution < 1.29 is 0 Å². The van der Waals surface area contributed by atoms with Crippen molar-refractivity contribution >= 4 is 16.8 Å². The molecular formula is C11H13N5. The number of unbranched alkanes of at least 4 members (excludes halogenated alkanes) is 1. The predicted molar refractivity (Wildman–Crippen MR) is 61.3 cm³/mol. The number of aromatic nitrogens is 5. The number of nitrogens with one attached hydrogen (secondary N) is 1. The maximum atomic E-state index is 4.28. The molecule has 0 saturated heterocycles. The maximum Gasteiger partial charge on any atom is 0.179 e. The molecule has 0 bridgehead atoms. The van der Waals surface area contributed by atoms with E-state index in [1.54, 1.807) is 6.20 Å². The number of aromatic amines is 1. The van der Waals surface area contributed by atoms with Crippen LogP contribution in [0.2, 0.25) is 0 Å². The summed E-state index contributed by atoms with van der Waals surface area (Å²) in [4.78, 5) is 7.38. The Hall–Kier alpha value is -1.91. The minimum atomic E-state index is 0.818. The topological polar surface area (TPSA) is 58.9 Å². The summed E-state index contributed by atoms with van der Waals surface area (Å²) >= 11 is 0. The van der Waals surface area contributed by atoms with Gasteiger partial charge in [0.15, 0.2) is 11.3 Å². The Kier molecular flexibility index (Phi) is 2.09. The van der Waals surface area contributed by atoms with E-state index in [4.69, 9.17) is 0 Å². The van der Waals surface area contributed by atoms with Gasteiger partial charge in [0.05, 0.1) is 11.7 Å². The minimum Gasteiger partial charge on any atom is -0.345 e. The highest BCUT2D eigenvalue weighted by Gasteiger charge is 2.09. The molecule has 0 unspecified atom stereocenters. The Bertz CT molecular complexity index is 621. The number of fused-ring (bicyclic) bond motifs is 3. The highest BCUT2D eigenvalue weighted by atomic mass is 15.3. The van der Waals surface area contributed by atoms with E-state index in [1.165, 1.54) is 0 Å². The molecule has 0 aromatic carbocycles. The van der Waals surface area contributed by atoms with Crippen LogP contribution in [0.5, 0.6) is 0 Å². The summed E-state index contributed by atoms with van der Waals surface area (Å²) in [7, 11) is 0. The van der Waals surface area contributed by atoms with Crippen LogP contribution in [0.3, 0.4) is 0 Å². The Labute approximate surface area is 92.5 Å². The van der Waals surface area contributed by atoms with Crippen molar-refractivity contribution in [2.75, 3.05) is 0 Å². The van der Waals surface area contributed by atoms with E-state index in [1.807, 2.05) is 12.3 Å². The lowest BCUT2D eigenvalue weighted by atomic mass is 10.2. The molecule has 0 fully saturated rings. The summed E-state index contributed by atoms with van der Waals surface area (Å²) < 4.78 is 2.08. The van der Waals surface area contributed by atoms with Crippen LogP contribution in [0.1, 0.15) is 25.6 Å². The van der Waals surface area contributed by atoms with Crippen LogP contribution in [0.4, 0.5) is 0 Å². The van der Waals surface area contributed by atoms with Crippen LogP contribution < -0.4 is 0 Å². The molecule has 0 aliphatic heterocycles. The Morgan fingerprint density at radius 3 is 3.19 bits per heavy atom. The van der Waals surface area contributed by atoms with Crippen molar-refractivity contribution in [3.63, 3.8) is 0 Å². The van der Waals surface area contributed by atoms with Crippen molar-refractivity contribution in [3.05, 3.63) is 24.3 Å². The van der Waals surface area contributed by atoms with Gasteiger partial charge in [-0.05, 0) is 12.5 Å². The van der Waals surface area contributed by atoms with Crippen molar-refractivity contribution in [1.29, 1.82) is 0 Å². The van der Waals surface area contributed by atoms with Gasteiger partial charge in [-0.15, -0.1) is 10.2 Å². The van der Waals surface area contributed by atoms with E-state index in [-0.39, 0.29) is 0 Å². The second-order valence-electron chi connectivity index (χ2n) is 3.88. The highest BCUT2D eigenvalue weighted by molar-refractivity contribution is 5.74. The lowest BCUT2D eigenvalue weighted by molar-refractivity contribution is 0.747. The van der Waals surface area contributed by atoms with Crippen LogP contribution in [0, 0.1) is 0 Å². The Morgan fingerprint density at radius 1 is 1.38 bits per heavy atom. The first-order valence-electron chi connectivity index (χ1n) is 5.56. The number of H-pyrrole nitrogens is 1. The van der Waals surface area contributed by atoms with Crippen LogP contribution in [0.15, 0.2) is 18.5 Å². The number of aryl methyl sites for hydroxylation is 1. The van der Waals surface area contributed by atoms with E-state index in [9.17, 15) is 0 Å². The fourth-order valence-corrected chi connectivity index (χ4v) is 1.93. The normalized spacial score (nSPS) is 11.6. The van der Waals surface area contributed by atoms with Crippen LogP contribution in [-0.2, 0) is 6.42 Å². The van der Waals surface area contributed by atoms with Gasteiger partial charge < -0.3 is 4.98 Å². The van der Waals surface area contributed by atoms with Gasteiger partial charge in [0, 0.05) is 12.6 Å². The monoisotopic (exact) mass is 215 g/mol. The van der Waals surface area contributed by atoms with Crippen LogP contribution >= 0.6 is 0 Å². The van der Waals surface area contributed by atoms with Gasteiger partial charge in [-0.25, -0.2) is 4.98 Å². The average molecular weight is 215 g/mol. The van der Waals surface area contributed by atoms with E-state index in [0.29, 0.717) is 0 Å². The van der Waals surface area contributed by atoms with Gasteiger partial charge in [-0.1, -0.05) is 13.3 Å². The van der Waals surface area contributed by atoms with Gasteiger partial charge in [0.2, 0.25) is 0 Å².